The third kappa shape index (κ3) is 4.45. The van der Waals surface area contributed by atoms with Crippen LogP contribution < -0.4 is 10.6 Å². The Morgan fingerprint density at radius 1 is 1.00 bits per heavy atom. The smallest absolute Gasteiger partial charge is 0.226 e. The predicted molar refractivity (Wildman–Crippen MR) is 87.4 cm³/mol. The van der Waals surface area contributed by atoms with Gasteiger partial charge in [-0.1, -0.05) is 48.5 Å². The first-order valence-electron chi connectivity index (χ1n) is 7.24. The number of para-hydroxylation sites is 1. The van der Waals surface area contributed by atoms with Gasteiger partial charge in [-0.2, -0.15) is 0 Å². The van der Waals surface area contributed by atoms with Gasteiger partial charge >= 0.3 is 0 Å². The molecule has 0 saturated heterocycles. The van der Waals surface area contributed by atoms with E-state index in [9.17, 15) is 9.59 Å². The number of nitrogens with one attached hydrogen (secondary N) is 2. The lowest BCUT2D eigenvalue weighted by Crippen LogP contribution is -2.29. The summed E-state index contributed by atoms with van der Waals surface area (Å²) in [5, 5.41) is 5.72. The Balaban J connectivity index is 2.08. The molecule has 0 unspecified atom stereocenters. The predicted octanol–water partition coefficient (Wildman–Crippen LogP) is 3.20. The maximum Gasteiger partial charge on any atom is 0.226 e. The van der Waals surface area contributed by atoms with Crippen molar-refractivity contribution < 1.29 is 9.59 Å². The fraction of sp³-hybridized carbons (Fsp3) is 0.222. The van der Waals surface area contributed by atoms with Crippen LogP contribution in [0, 0.1) is 6.92 Å². The van der Waals surface area contributed by atoms with Gasteiger partial charge in [-0.15, -0.1) is 0 Å². The number of hydrogen-bond acceptors (Lipinski definition) is 2. The lowest BCUT2D eigenvalue weighted by molar-refractivity contribution is -0.120. The van der Waals surface area contributed by atoms with Crippen LogP contribution in [0.4, 0.5) is 5.69 Å². The van der Waals surface area contributed by atoms with Crippen molar-refractivity contribution in [2.24, 2.45) is 0 Å². The van der Waals surface area contributed by atoms with Gasteiger partial charge in [0.2, 0.25) is 11.8 Å². The molecule has 2 N–H and O–H groups in total. The lowest BCUT2D eigenvalue weighted by atomic mass is 10.0. The number of anilines is 1. The average Bonchev–Trinajstić information content (AvgIpc) is 2.49. The minimum atomic E-state index is -0.331. The lowest BCUT2D eigenvalue weighted by Gasteiger charge is -2.18. The molecule has 0 aliphatic carbocycles. The van der Waals surface area contributed by atoms with Crippen LogP contribution >= 0.6 is 0 Å². The molecule has 2 rings (SSSR count). The van der Waals surface area contributed by atoms with Crippen LogP contribution in [0.5, 0.6) is 0 Å². The molecule has 0 aliphatic rings. The van der Waals surface area contributed by atoms with Crippen molar-refractivity contribution in [3.8, 4) is 0 Å². The topological polar surface area (TPSA) is 58.2 Å². The van der Waals surface area contributed by atoms with Crippen LogP contribution in [0.25, 0.3) is 0 Å². The summed E-state index contributed by atoms with van der Waals surface area (Å²) in [5.41, 5.74) is 2.71. The van der Waals surface area contributed by atoms with Crippen molar-refractivity contribution in [2.75, 3.05) is 5.32 Å². The Bertz CT molecular complexity index is 653. The molecule has 22 heavy (non-hydrogen) atoms. The SMILES string of the molecule is CC(=O)N[C@H](CC(=O)Nc1ccccc1C)c1ccccc1. The molecule has 2 amide bonds. The molecular weight excluding hydrogens is 276 g/mol. The van der Waals surface area contributed by atoms with E-state index in [1.54, 1.807) is 0 Å². The third-order valence-corrected chi connectivity index (χ3v) is 3.39. The summed E-state index contributed by atoms with van der Waals surface area (Å²) >= 11 is 0. The summed E-state index contributed by atoms with van der Waals surface area (Å²) in [6.07, 6.45) is 0.192. The molecule has 4 nitrogen and oxygen atoms in total. The standard InChI is InChI=1S/C18H20N2O2/c1-13-8-6-7-11-16(13)20-18(22)12-17(19-14(2)21)15-9-4-3-5-10-15/h3-11,17H,12H2,1-2H3,(H,19,21)(H,20,22)/t17-/m1/s1. The Morgan fingerprint density at radius 3 is 2.27 bits per heavy atom. The molecule has 114 valence electrons. The van der Waals surface area contributed by atoms with Crippen LogP contribution in [-0.4, -0.2) is 11.8 Å². The van der Waals surface area contributed by atoms with Crippen LogP contribution in [0.15, 0.2) is 54.6 Å². The van der Waals surface area contributed by atoms with Crippen molar-refractivity contribution in [3.05, 3.63) is 65.7 Å². The molecule has 2 aromatic carbocycles. The van der Waals surface area contributed by atoms with Crippen LogP contribution in [0.2, 0.25) is 0 Å². The monoisotopic (exact) mass is 296 g/mol. The number of amides is 2. The summed E-state index contributed by atoms with van der Waals surface area (Å²) < 4.78 is 0. The summed E-state index contributed by atoms with van der Waals surface area (Å²) in [4.78, 5) is 23.6. The van der Waals surface area contributed by atoms with E-state index in [1.807, 2.05) is 61.5 Å². The fourth-order valence-corrected chi connectivity index (χ4v) is 2.28. The molecule has 0 bridgehead atoms. The minimum absolute atomic E-state index is 0.128. The van der Waals surface area contributed by atoms with Crippen LogP contribution in [-0.2, 0) is 9.59 Å². The number of rotatable bonds is 5. The second-order valence-electron chi connectivity index (χ2n) is 5.23. The average molecular weight is 296 g/mol. The highest BCUT2D eigenvalue weighted by Crippen LogP contribution is 2.19. The molecule has 0 aliphatic heterocycles. The molecule has 0 aromatic heterocycles. The van der Waals surface area contributed by atoms with Crippen molar-refractivity contribution in [3.63, 3.8) is 0 Å². The summed E-state index contributed by atoms with van der Waals surface area (Å²) in [7, 11) is 0. The van der Waals surface area contributed by atoms with Crippen LogP contribution in [0.1, 0.15) is 30.5 Å². The Morgan fingerprint density at radius 2 is 1.64 bits per heavy atom. The quantitative estimate of drug-likeness (QED) is 0.890. The van der Waals surface area contributed by atoms with Gasteiger partial charge in [0, 0.05) is 12.6 Å². The first-order chi connectivity index (χ1) is 10.6. The minimum Gasteiger partial charge on any atom is -0.349 e. The normalized spacial score (nSPS) is 11.5. The zero-order valence-corrected chi connectivity index (χ0v) is 12.8. The van der Waals surface area contributed by atoms with E-state index in [-0.39, 0.29) is 24.3 Å². The number of hydrogen-bond donors (Lipinski definition) is 2. The van der Waals surface area contributed by atoms with E-state index in [0.717, 1.165) is 16.8 Å². The largest absolute Gasteiger partial charge is 0.349 e. The first-order valence-corrected chi connectivity index (χ1v) is 7.24. The number of carbonyl (C=O) groups is 2. The molecule has 0 fully saturated rings. The molecular formula is C18H20N2O2. The number of aryl methyl sites for hydroxylation is 1. The Labute approximate surface area is 130 Å². The molecule has 0 spiro atoms. The van der Waals surface area contributed by atoms with Gasteiger partial charge in [-0.3, -0.25) is 9.59 Å². The van der Waals surface area contributed by atoms with E-state index in [2.05, 4.69) is 10.6 Å². The van der Waals surface area contributed by atoms with E-state index in [0.29, 0.717) is 0 Å². The second kappa shape index (κ2) is 7.41. The van der Waals surface area contributed by atoms with E-state index in [1.165, 1.54) is 6.92 Å². The maximum atomic E-state index is 12.3. The summed E-state index contributed by atoms with van der Waals surface area (Å²) in [6.45, 7) is 3.40. The molecule has 0 saturated carbocycles. The second-order valence-corrected chi connectivity index (χ2v) is 5.23. The highest BCUT2D eigenvalue weighted by atomic mass is 16.2. The Kier molecular flexibility index (Phi) is 5.31. The van der Waals surface area contributed by atoms with Gasteiger partial charge in [-0.05, 0) is 24.1 Å². The van der Waals surface area contributed by atoms with E-state index in [4.69, 9.17) is 0 Å². The zero-order chi connectivity index (χ0) is 15.9. The van der Waals surface area contributed by atoms with Gasteiger partial charge in [0.05, 0.1) is 12.5 Å². The maximum absolute atomic E-state index is 12.3. The highest BCUT2D eigenvalue weighted by molar-refractivity contribution is 5.92. The van der Waals surface area contributed by atoms with Gasteiger partial charge < -0.3 is 10.6 Å². The van der Waals surface area contributed by atoms with E-state index < -0.39 is 0 Å². The first kappa shape index (κ1) is 15.8. The van der Waals surface area contributed by atoms with Gasteiger partial charge in [0.1, 0.15) is 0 Å². The molecule has 0 heterocycles. The molecule has 4 heteroatoms. The van der Waals surface area contributed by atoms with Crippen molar-refractivity contribution in [1.82, 2.24) is 5.32 Å². The highest BCUT2D eigenvalue weighted by Gasteiger charge is 2.17. The van der Waals surface area contributed by atoms with E-state index >= 15 is 0 Å². The molecule has 0 radical (unpaired) electrons. The summed E-state index contributed by atoms with van der Waals surface area (Å²) in [5.74, 6) is -0.283. The zero-order valence-electron chi connectivity index (χ0n) is 12.8. The van der Waals surface area contributed by atoms with Crippen molar-refractivity contribution in [2.45, 2.75) is 26.3 Å². The molecule has 1 atom stereocenters. The van der Waals surface area contributed by atoms with Gasteiger partial charge in [0.25, 0.3) is 0 Å². The van der Waals surface area contributed by atoms with Crippen LogP contribution in [0.3, 0.4) is 0 Å². The van der Waals surface area contributed by atoms with Gasteiger partial charge in [-0.25, -0.2) is 0 Å². The number of carbonyl (C=O) groups excluding carboxylic acids is 2. The third-order valence-electron chi connectivity index (χ3n) is 3.39. The number of benzene rings is 2. The Hall–Kier alpha value is -2.62. The van der Waals surface area contributed by atoms with Crippen molar-refractivity contribution >= 4 is 17.5 Å². The van der Waals surface area contributed by atoms with Crippen molar-refractivity contribution in [1.29, 1.82) is 0 Å². The fourth-order valence-electron chi connectivity index (χ4n) is 2.28. The molecule has 2 aromatic rings. The van der Waals surface area contributed by atoms with Gasteiger partial charge in [0.15, 0.2) is 0 Å². The summed E-state index contributed by atoms with van der Waals surface area (Å²) in [6, 6.07) is 16.8.